The van der Waals surface area contributed by atoms with Crippen molar-refractivity contribution in [2.45, 2.75) is 0 Å². The summed E-state index contributed by atoms with van der Waals surface area (Å²) in [6, 6.07) is 25.9. The minimum atomic E-state index is -0.281. The zero-order chi connectivity index (χ0) is 29.3. The molecule has 12 heteroatoms. The molecule has 0 aliphatic carbocycles. The van der Waals surface area contributed by atoms with Gasteiger partial charge in [-0.25, -0.2) is 9.97 Å². The van der Waals surface area contributed by atoms with Crippen molar-refractivity contribution < 1.29 is 9.90 Å². The molecule has 0 saturated heterocycles. The fraction of sp³-hybridized carbons (Fsp3) is 0. The van der Waals surface area contributed by atoms with E-state index in [9.17, 15) is 15.2 Å². The van der Waals surface area contributed by atoms with Crippen LogP contribution in [0.5, 0.6) is 5.75 Å². The highest BCUT2D eigenvalue weighted by Crippen LogP contribution is 2.46. The minimum absolute atomic E-state index is 0.129. The fourth-order valence-corrected chi connectivity index (χ4v) is 6.15. The summed E-state index contributed by atoms with van der Waals surface area (Å²) in [5, 5.41) is 41.4. The predicted octanol–water partition coefficient (Wildman–Crippen LogP) is 8.00. The molecular formula is C31H18N8O2S2. The van der Waals surface area contributed by atoms with E-state index in [1.165, 1.54) is 33.6 Å². The van der Waals surface area contributed by atoms with Gasteiger partial charge in [-0.2, -0.15) is 15.0 Å². The van der Waals surface area contributed by atoms with E-state index in [-0.39, 0.29) is 28.7 Å². The van der Waals surface area contributed by atoms with Crippen LogP contribution in [-0.2, 0) is 0 Å². The smallest absolute Gasteiger partial charge is 0.255 e. The van der Waals surface area contributed by atoms with Crippen molar-refractivity contribution in [2.24, 2.45) is 10.2 Å². The highest BCUT2D eigenvalue weighted by Gasteiger charge is 2.20. The van der Waals surface area contributed by atoms with Crippen LogP contribution in [0.3, 0.4) is 0 Å². The predicted molar refractivity (Wildman–Crippen MR) is 167 cm³/mol. The van der Waals surface area contributed by atoms with Crippen LogP contribution in [0.4, 0.5) is 17.2 Å². The molecule has 10 nitrogen and oxygen atoms in total. The minimum Gasteiger partial charge on any atom is -0.505 e. The first-order valence-corrected chi connectivity index (χ1v) is 14.6. The summed E-state index contributed by atoms with van der Waals surface area (Å²) in [6.45, 7) is 0. The maximum atomic E-state index is 13.1. The normalized spacial score (nSPS) is 11.3. The second-order valence-corrected chi connectivity index (χ2v) is 11.2. The number of para-hydroxylation sites is 2. The largest absolute Gasteiger partial charge is 0.505 e. The van der Waals surface area contributed by atoms with Crippen LogP contribution >= 0.6 is 22.7 Å². The van der Waals surface area contributed by atoms with Crippen LogP contribution in [0.1, 0.15) is 15.9 Å². The number of nitrogens with zero attached hydrogens (tertiary/aromatic N) is 7. The van der Waals surface area contributed by atoms with Gasteiger partial charge in [0.15, 0.2) is 11.6 Å². The van der Waals surface area contributed by atoms with Gasteiger partial charge < -0.3 is 10.4 Å². The molecule has 3 aromatic heterocycles. The first kappa shape index (κ1) is 26.1. The number of anilines is 1. The first-order valence-electron chi connectivity index (χ1n) is 12.9. The molecule has 0 saturated carbocycles. The highest BCUT2D eigenvalue weighted by molar-refractivity contribution is 7.21. The lowest BCUT2D eigenvalue weighted by molar-refractivity contribution is 0.102. The summed E-state index contributed by atoms with van der Waals surface area (Å²) in [4.78, 5) is 22.1. The lowest BCUT2D eigenvalue weighted by atomic mass is 10.0. The molecule has 4 aromatic carbocycles. The number of hydrogen-bond acceptors (Lipinski definition) is 10. The second kappa shape index (κ2) is 10.9. The number of phenolic OH excluding ortho intramolecular Hbond substituents is 1. The van der Waals surface area contributed by atoms with Gasteiger partial charge in [-0.3, -0.25) is 4.79 Å². The summed E-state index contributed by atoms with van der Waals surface area (Å²) < 4.78 is 2.39. The van der Waals surface area contributed by atoms with Gasteiger partial charge in [0.1, 0.15) is 22.3 Å². The number of rotatable bonds is 6. The molecule has 0 radical (unpaired) electrons. The average molecular weight is 599 g/mol. The van der Waals surface area contributed by atoms with Gasteiger partial charge in [-0.05, 0) is 47.9 Å². The number of aromatic hydroxyl groups is 1. The topological polar surface area (TPSA) is 141 Å². The molecule has 0 aliphatic heterocycles. The SMILES string of the molecule is N#Cc1cnn(-c2nccs2)c1/N=N/c1c(O)c(-c2nc3ccccc3s2)cc2cc(C(=O)Nc3ccccc3)ccc12. The Kier molecular flexibility index (Phi) is 6.63. The number of hydrogen-bond donors (Lipinski definition) is 2. The molecule has 7 aromatic rings. The van der Waals surface area contributed by atoms with Gasteiger partial charge in [0.05, 0.1) is 22.0 Å². The Bertz CT molecular complexity index is 2180. The fourth-order valence-electron chi connectivity index (χ4n) is 4.57. The summed E-state index contributed by atoms with van der Waals surface area (Å²) in [5.74, 6) is -0.234. The van der Waals surface area contributed by atoms with Crippen LogP contribution in [-0.4, -0.2) is 30.8 Å². The number of phenols is 1. The molecule has 2 N–H and O–H groups in total. The summed E-state index contributed by atoms with van der Waals surface area (Å²) in [7, 11) is 0. The maximum absolute atomic E-state index is 13.1. The third kappa shape index (κ3) is 4.88. The Labute approximate surface area is 251 Å². The molecule has 0 fully saturated rings. The standard InChI is InChI=1S/C31H18N8O2S2/c32-16-20-17-34-39(31-33-12-13-42-31)28(20)38-37-26-22-11-10-18(29(41)35-21-6-2-1-3-7-21)14-19(22)15-23(27(26)40)30-36-24-8-4-5-9-25(24)43-30/h1-15,17,40H,(H,35,41)/b38-37+. The number of thiazole rings is 2. The number of nitrogens with one attached hydrogen (secondary N) is 1. The summed E-state index contributed by atoms with van der Waals surface area (Å²) in [6.07, 6.45) is 3.02. The summed E-state index contributed by atoms with van der Waals surface area (Å²) >= 11 is 2.76. The number of amides is 1. The van der Waals surface area contributed by atoms with Crippen molar-refractivity contribution >= 4 is 66.8 Å². The van der Waals surface area contributed by atoms with E-state index < -0.39 is 0 Å². The van der Waals surface area contributed by atoms with E-state index in [4.69, 9.17) is 4.98 Å². The quantitative estimate of drug-likeness (QED) is 0.186. The Balaban J connectivity index is 1.39. The van der Waals surface area contributed by atoms with Gasteiger partial charge in [0, 0.05) is 28.2 Å². The molecule has 1 amide bonds. The zero-order valence-corrected chi connectivity index (χ0v) is 23.7. The lowest BCUT2D eigenvalue weighted by Gasteiger charge is -2.11. The number of fused-ring (bicyclic) bond motifs is 2. The molecule has 0 unspecified atom stereocenters. The summed E-state index contributed by atoms with van der Waals surface area (Å²) in [5.41, 5.74) is 2.70. The Morgan fingerprint density at radius 1 is 1.02 bits per heavy atom. The molecule has 0 atom stereocenters. The molecule has 0 spiro atoms. The van der Waals surface area contributed by atoms with Crippen molar-refractivity contribution in [3.63, 3.8) is 0 Å². The molecule has 3 heterocycles. The van der Waals surface area contributed by atoms with Crippen molar-refractivity contribution in [3.8, 4) is 27.5 Å². The van der Waals surface area contributed by atoms with Crippen LogP contribution in [0.2, 0.25) is 0 Å². The number of azo groups is 1. The molecular weight excluding hydrogens is 581 g/mol. The molecule has 0 bridgehead atoms. The molecule has 7 rings (SSSR count). The van der Waals surface area contributed by atoms with E-state index in [1.807, 2.05) is 54.6 Å². The monoisotopic (exact) mass is 598 g/mol. The van der Waals surface area contributed by atoms with E-state index in [1.54, 1.807) is 35.8 Å². The third-order valence-corrected chi connectivity index (χ3v) is 8.43. The highest BCUT2D eigenvalue weighted by atomic mass is 32.1. The zero-order valence-electron chi connectivity index (χ0n) is 22.0. The molecule has 206 valence electrons. The van der Waals surface area contributed by atoms with Crippen molar-refractivity contribution in [1.29, 1.82) is 5.26 Å². The second-order valence-electron chi connectivity index (χ2n) is 9.28. The number of benzene rings is 4. The molecule has 43 heavy (non-hydrogen) atoms. The number of aromatic nitrogens is 4. The van der Waals surface area contributed by atoms with Crippen molar-refractivity contribution in [2.75, 3.05) is 5.32 Å². The van der Waals surface area contributed by atoms with E-state index in [0.717, 1.165) is 10.2 Å². The van der Waals surface area contributed by atoms with Gasteiger partial charge in [-0.1, -0.05) is 36.4 Å². The number of carbonyl (C=O) groups excluding carboxylic acids is 1. The van der Waals surface area contributed by atoms with Gasteiger partial charge in [0.2, 0.25) is 5.13 Å². The number of nitriles is 1. The average Bonchev–Trinajstić information content (AvgIpc) is 3.80. The van der Waals surface area contributed by atoms with E-state index in [0.29, 0.717) is 37.7 Å². The Hall–Kier alpha value is -5.77. The Morgan fingerprint density at radius 2 is 1.86 bits per heavy atom. The van der Waals surface area contributed by atoms with Crippen LogP contribution in [0.25, 0.3) is 36.7 Å². The van der Waals surface area contributed by atoms with Gasteiger partial charge >= 0.3 is 0 Å². The van der Waals surface area contributed by atoms with Gasteiger partial charge in [0.25, 0.3) is 5.91 Å². The van der Waals surface area contributed by atoms with Crippen LogP contribution in [0.15, 0.2) is 107 Å². The van der Waals surface area contributed by atoms with Gasteiger partial charge in [-0.15, -0.1) is 32.9 Å². The van der Waals surface area contributed by atoms with Crippen LogP contribution < -0.4 is 5.32 Å². The van der Waals surface area contributed by atoms with E-state index >= 15 is 0 Å². The lowest BCUT2D eigenvalue weighted by Crippen LogP contribution is -2.11. The van der Waals surface area contributed by atoms with Crippen molar-refractivity contribution in [3.05, 3.63) is 108 Å². The van der Waals surface area contributed by atoms with Crippen molar-refractivity contribution in [1.82, 2.24) is 19.7 Å². The third-order valence-electron chi connectivity index (χ3n) is 6.61. The first-order chi connectivity index (χ1) is 21.1. The Morgan fingerprint density at radius 3 is 2.65 bits per heavy atom. The molecule has 0 aliphatic rings. The van der Waals surface area contributed by atoms with Crippen LogP contribution in [0, 0.1) is 11.3 Å². The maximum Gasteiger partial charge on any atom is 0.255 e. The van der Waals surface area contributed by atoms with E-state index in [2.05, 4.69) is 31.7 Å². The number of carbonyl (C=O) groups is 1.